The molecule has 2 N–H and O–H groups in total. The molecule has 0 heterocycles. The van der Waals surface area contributed by atoms with Gasteiger partial charge in [-0.05, 0) is 24.8 Å². The van der Waals surface area contributed by atoms with Crippen molar-refractivity contribution in [2.24, 2.45) is 0 Å². The largest absolute Gasteiger partial charge is 0.393 e. The molecule has 1 aromatic carbocycles. The highest BCUT2D eigenvalue weighted by atomic mass is 16.3. The Bertz CT molecular complexity index is 246. The second kappa shape index (κ2) is 5.78. The molecular formula is C12H18O2. The van der Waals surface area contributed by atoms with Crippen LogP contribution in [0.25, 0.3) is 0 Å². The van der Waals surface area contributed by atoms with Crippen LogP contribution in [0.4, 0.5) is 0 Å². The number of hydrogen-bond acceptors (Lipinski definition) is 2. The summed E-state index contributed by atoms with van der Waals surface area (Å²) >= 11 is 0. The number of rotatable bonds is 5. The minimum atomic E-state index is -0.447. The Morgan fingerprint density at radius 3 is 2.29 bits per heavy atom. The van der Waals surface area contributed by atoms with E-state index in [1.807, 2.05) is 37.3 Å². The summed E-state index contributed by atoms with van der Waals surface area (Å²) < 4.78 is 0. The monoisotopic (exact) mass is 194 g/mol. The summed E-state index contributed by atoms with van der Waals surface area (Å²) in [6.45, 7) is 1.94. The number of benzene rings is 1. The summed E-state index contributed by atoms with van der Waals surface area (Å²) in [5.74, 6) is 0. The lowest BCUT2D eigenvalue weighted by atomic mass is 10.0. The molecule has 0 aliphatic rings. The highest BCUT2D eigenvalue weighted by Crippen LogP contribution is 2.19. The van der Waals surface area contributed by atoms with Crippen LogP contribution >= 0.6 is 0 Å². The topological polar surface area (TPSA) is 40.5 Å². The molecular weight excluding hydrogens is 176 g/mol. The molecule has 1 aromatic rings. The summed E-state index contributed by atoms with van der Waals surface area (Å²) in [6.07, 6.45) is 1.30. The molecule has 0 fully saturated rings. The van der Waals surface area contributed by atoms with Crippen LogP contribution < -0.4 is 0 Å². The SMILES string of the molecule is CC[C@H](O)CC[C@@H](O)c1ccccc1. The van der Waals surface area contributed by atoms with Crippen LogP contribution in [0.2, 0.25) is 0 Å². The Morgan fingerprint density at radius 1 is 1.07 bits per heavy atom. The molecule has 0 spiro atoms. The standard InChI is InChI=1S/C12H18O2/c1-2-11(13)8-9-12(14)10-6-4-3-5-7-10/h3-7,11-14H,2,8-9H2,1H3/t11-,12+/m0/s1. The average molecular weight is 194 g/mol. The second-order valence-corrected chi connectivity index (χ2v) is 3.57. The smallest absolute Gasteiger partial charge is 0.0791 e. The van der Waals surface area contributed by atoms with Gasteiger partial charge in [-0.15, -0.1) is 0 Å². The third-order valence-electron chi connectivity index (χ3n) is 2.43. The summed E-state index contributed by atoms with van der Waals surface area (Å²) in [5, 5.41) is 19.1. The Hall–Kier alpha value is -0.860. The molecule has 2 atom stereocenters. The third-order valence-corrected chi connectivity index (χ3v) is 2.43. The molecule has 0 aliphatic heterocycles. The first-order valence-corrected chi connectivity index (χ1v) is 5.15. The zero-order valence-electron chi connectivity index (χ0n) is 8.56. The molecule has 78 valence electrons. The van der Waals surface area contributed by atoms with E-state index >= 15 is 0 Å². The molecule has 0 radical (unpaired) electrons. The predicted octanol–water partition coefficient (Wildman–Crippen LogP) is 2.27. The first kappa shape index (κ1) is 11.2. The Balaban J connectivity index is 2.39. The van der Waals surface area contributed by atoms with Gasteiger partial charge in [-0.1, -0.05) is 37.3 Å². The van der Waals surface area contributed by atoms with Gasteiger partial charge in [0.1, 0.15) is 0 Å². The van der Waals surface area contributed by atoms with Gasteiger partial charge in [-0.25, -0.2) is 0 Å². The van der Waals surface area contributed by atoms with E-state index in [1.165, 1.54) is 0 Å². The lowest BCUT2D eigenvalue weighted by Gasteiger charge is -2.13. The van der Waals surface area contributed by atoms with Gasteiger partial charge in [0, 0.05) is 0 Å². The maximum atomic E-state index is 9.75. The molecule has 0 bridgehead atoms. The highest BCUT2D eigenvalue weighted by molar-refractivity contribution is 5.17. The van der Waals surface area contributed by atoms with Crippen molar-refractivity contribution >= 4 is 0 Å². The number of hydrogen-bond donors (Lipinski definition) is 2. The van der Waals surface area contributed by atoms with Gasteiger partial charge in [0.15, 0.2) is 0 Å². The van der Waals surface area contributed by atoms with E-state index in [0.717, 1.165) is 12.0 Å². The highest BCUT2D eigenvalue weighted by Gasteiger charge is 2.09. The fourth-order valence-corrected chi connectivity index (χ4v) is 1.40. The van der Waals surface area contributed by atoms with E-state index in [4.69, 9.17) is 0 Å². The zero-order chi connectivity index (χ0) is 10.4. The number of aliphatic hydroxyl groups is 2. The molecule has 0 saturated heterocycles. The van der Waals surface area contributed by atoms with Gasteiger partial charge in [-0.3, -0.25) is 0 Å². The minimum absolute atomic E-state index is 0.284. The number of aliphatic hydroxyl groups excluding tert-OH is 2. The minimum Gasteiger partial charge on any atom is -0.393 e. The van der Waals surface area contributed by atoms with Crippen LogP contribution in [0.15, 0.2) is 30.3 Å². The third kappa shape index (κ3) is 3.48. The van der Waals surface area contributed by atoms with E-state index < -0.39 is 6.10 Å². The van der Waals surface area contributed by atoms with Crippen LogP contribution in [-0.2, 0) is 0 Å². The maximum Gasteiger partial charge on any atom is 0.0791 e. The van der Waals surface area contributed by atoms with E-state index in [2.05, 4.69) is 0 Å². The molecule has 0 saturated carbocycles. The van der Waals surface area contributed by atoms with Crippen LogP contribution in [0.5, 0.6) is 0 Å². The van der Waals surface area contributed by atoms with Crippen molar-refractivity contribution in [2.75, 3.05) is 0 Å². The van der Waals surface area contributed by atoms with Gasteiger partial charge in [0.25, 0.3) is 0 Å². The first-order chi connectivity index (χ1) is 6.74. The van der Waals surface area contributed by atoms with Gasteiger partial charge in [-0.2, -0.15) is 0 Å². The van der Waals surface area contributed by atoms with E-state index in [-0.39, 0.29) is 6.10 Å². The molecule has 1 rings (SSSR count). The van der Waals surface area contributed by atoms with E-state index in [0.29, 0.717) is 12.8 Å². The molecule has 0 amide bonds. The Labute approximate surface area is 85.2 Å². The molecule has 0 unspecified atom stereocenters. The van der Waals surface area contributed by atoms with Crippen molar-refractivity contribution in [2.45, 2.75) is 38.4 Å². The summed E-state index contributed by atoms with van der Waals surface area (Å²) in [6, 6.07) is 9.56. The van der Waals surface area contributed by atoms with Crippen molar-refractivity contribution < 1.29 is 10.2 Å². The van der Waals surface area contributed by atoms with Gasteiger partial charge in [0.2, 0.25) is 0 Å². The summed E-state index contributed by atoms with van der Waals surface area (Å²) in [7, 11) is 0. The molecule has 0 aromatic heterocycles. The molecule has 14 heavy (non-hydrogen) atoms. The Morgan fingerprint density at radius 2 is 1.71 bits per heavy atom. The molecule has 0 aliphatic carbocycles. The van der Waals surface area contributed by atoms with E-state index in [1.54, 1.807) is 0 Å². The van der Waals surface area contributed by atoms with Crippen molar-refractivity contribution in [3.8, 4) is 0 Å². The quantitative estimate of drug-likeness (QED) is 0.755. The lowest BCUT2D eigenvalue weighted by molar-refractivity contribution is 0.112. The fourth-order valence-electron chi connectivity index (χ4n) is 1.40. The molecule has 2 nitrogen and oxygen atoms in total. The summed E-state index contributed by atoms with van der Waals surface area (Å²) in [4.78, 5) is 0. The van der Waals surface area contributed by atoms with Crippen LogP contribution in [-0.4, -0.2) is 16.3 Å². The second-order valence-electron chi connectivity index (χ2n) is 3.57. The van der Waals surface area contributed by atoms with Crippen LogP contribution in [0.3, 0.4) is 0 Å². The van der Waals surface area contributed by atoms with Crippen molar-refractivity contribution in [3.05, 3.63) is 35.9 Å². The molecule has 2 heteroatoms. The summed E-state index contributed by atoms with van der Waals surface area (Å²) in [5.41, 5.74) is 0.927. The lowest BCUT2D eigenvalue weighted by Crippen LogP contribution is -2.07. The van der Waals surface area contributed by atoms with Crippen molar-refractivity contribution in [3.63, 3.8) is 0 Å². The normalized spacial score (nSPS) is 15.1. The van der Waals surface area contributed by atoms with Gasteiger partial charge < -0.3 is 10.2 Å². The van der Waals surface area contributed by atoms with Gasteiger partial charge in [0.05, 0.1) is 12.2 Å². The zero-order valence-corrected chi connectivity index (χ0v) is 8.56. The van der Waals surface area contributed by atoms with Crippen LogP contribution in [0.1, 0.15) is 37.9 Å². The predicted molar refractivity (Wildman–Crippen MR) is 56.9 cm³/mol. The Kier molecular flexibility index (Phi) is 4.63. The maximum absolute atomic E-state index is 9.75. The fraction of sp³-hybridized carbons (Fsp3) is 0.500. The first-order valence-electron chi connectivity index (χ1n) is 5.15. The van der Waals surface area contributed by atoms with Gasteiger partial charge >= 0.3 is 0 Å². The van der Waals surface area contributed by atoms with Crippen molar-refractivity contribution in [1.82, 2.24) is 0 Å². The van der Waals surface area contributed by atoms with Crippen LogP contribution in [0, 0.1) is 0 Å². The van der Waals surface area contributed by atoms with E-state index in [9.17, 15) is 10.2 Å². The average Bonchev–Trinajstić information content (AvgIpc) is 2.26. The van der Waals surface area contributed by atoms with Crippen molar-refractivity contribution in [1.29, 1.82) is 0 Å².